The van der Waals surface area contributed by atoms with Crippen molar-refractivity contribution in [2.45, 2.75) is 6.42 Å². The summed E-state index contributed by atoms with van der Waals surface area (Å²) in [6.45, 7) is 0.181. The Kier molecular flexibility index (Phi) is 10.6. The Morgan fingerprint density at radius 2 is 2.22 bits per heavy atom. The summed E-state index contributed by atoms with van der Waals surface area (Å²) in [4.78, 5) is 0. The van der Waals surface area contributed by atoms with Gasteiger partial charge in [0.05, 0.1) is 0 Å². The lowest BCUT2D eigenvalue weighted by molar-refractivity contribution is 0.296. The average molecular weight is 171 g/mol. The van der Waals surface area contributed by atoms with Gasteiger partial charge >= 0.3 is 0 Å². The standard InChI is InChI=1S/C4H10N2OS.ClH/c5-4(6)8-3-1-2-7;/h7H,1-3H2,(H3,5,6);1H. The van der Waals surface area contributed by atoms with Crippen LogP contribution in [0, 0.1) is 5.41 Å². The van der Waals surface area contributed by atoms with E-state index in [1.165, 1.54) is 11.8 Å². The molecule has 0 saturated carbocycles. The highest BCUT2D eigenvalue weighted by Gasteiger charge is 1.87. The third-order valence-electron chi connectivity index (χ3n) is 0.560. The van der Waals surface area contributed by atoms with Crippen molar-refractivity contribution in [2.75, 3.05) is 12.4 Å². The Morgan fingerprint density at radius 1 is 1.67 bits per heavy atom. The molecule has 9 heavy (non-hydrogen) atoms. The molecule has 56 valence electrons. The zero-order valence-corrected chi connectivity index (χ0v) is 6.60. The number of halogens is 1. The zero-order valence-electron chi connectivity index (χ0n) is 4.96. The van der Waals surface area contributed by atoms with E-state index in [-0.39, 0.29) is 24.2 Å². The molecule has 0 radical (unpaired) electrons. The summed E-state index contributed by atoms with van der Waals surface area (Å²) in [5, 5.41) is 15.1. The fraction of sp³-hybridized carbons (Fsp3) is 0.750. The SMILES string of the molecule is Cl.N=C(N)SCCCO. The minimum Gasteiger partial charge on any atom is -0.396 e. The first kappa shape index (κ1) is 11.8. The molecule has 0 amide bonds. The summed E-state index contributed by atoms with van der Waals surface area (Å²) in [6.07, 6.45) is 0.713. The van der Waals surface area contributed by atoms with Gasteiger partial charge in [0.2, 0.25) is 0 Å². The fourth-order valence-corrected chi connectivity index (χ4v) is 0.740. The minimum atomic E-state index is 0. The van der Waals surface area contributed by atoms with Gasteiger partial charge in [-0.3, -0.25) is 5.41 Å². The van der Waals surface area contributed by atoms with Crippen molar-refractivity contribution in [1.29, 1.82) is 5.41 Å². The molecule has 4 N–H and O–H groups in total. The van der Waals surface area contributed by atoms with Crippen LogP contribution in [0.5, 0.6) is 0 Å². The van der Waals surface area contributed by atoms with Gasteiger partial charge in [0.25, 0.3) is 0 Å². The van der Waals surface area contributed by atoms with Crippen LogP contribution < -0.4 is 5.73 Å². The van der Waals surface area contributed by atoms with E-state index in [4.69, 9.17) is 16.2 Å². The highest BCUT2D eigenvalue weighted by molar-refractivity contribution is 8.13. The number of aliphatic hydroxyl groups is 1. The lowest BCUT2D eigenvalue weighted by Crippen LogP contribution is -2.04. The van der Waals surface area contributed by atoms with Crippen LogP contribution >= 0.6 is 24.2 Å². The lowest BCUT2D eigenvalue weighted by atomic mass is 10.5. The maximum absolute atomic E-state index is 8.25. The second-order valence-corrected chi connectivity index (χ2v) is 2.43. The van der Waals surface area contributed by atoms with Gasteiger partial charge in [0.1, 0.15) is 0 Å². The molecule has 0 aliphatic heterocycles. The lowest BCUT2D eigenvalue weighted by Gasteiger charge is -1.92. The first-order valence-electron chi connectivity index (χ1n) is 2.35. The number of hydrogen-bond acceptors (Lipinski definition) is 3. The first-order chi connectivity index (χ1) is 3.77. The third kappa shape index (κ3) is 11.6. The van der Waals surface area contributed by atoms with E-state index in [0.717, 1.165) is 5.75 Å². The average Bonchev–Trinajstić information content (AvgIpc) is 1.66. The van der Waals surface area contributed by atoms with E-state index in [1.807, 2.05) is 0 Å². The van der Waals surface area contributed by atoms with Gasteiger partial charge in [-0.2, -0.15) is 0 Å². The molecule has 0 fully saturated rings. The summed E-state index contributed by atoms with van der Waals surface area (Å²) >= 11 is 1.26. The predicted octanol–water partition coefficient (Wildman–Crippen LogP) is 0.417. The Hall–Kier alpha value is 0.0700. The van der Waals surface area contributed by atoms with Crippen molar-refractivity contribution < 1.29 is 5.11 Å². The Bertz CT molecular complexity index is 81.0. The van der Waals surface area contributed by atoms with Crippen molar-refractivity contribution in [1.82, 2.24) is 0 Å². The Labute approximate surface area is 64.9 Å². The monoisotopic (exact) mass is 170 g/mol. The van der Waals surface area contributed by atoms with E-state index in [0.29, 0.717) is 6.42 Å². The van der Waals surface area contributed by atoms with Gasteiger partial charge in [-0.25, -0.2) is 0 Å². The smallest absolute Gasteiger partial charge is 0.151 e. The van der Waals surface area contributed by atoms with Gasteiger partial charge in [-0.15, -0.1) is 12.4 Å². The van der Waals surface area contributed by atoms with Crippen LogP contribution in [0.1, 0.15) is 6.42 Å². The highest BCUT2D eigenvalue weighted by atomic mass is 35.5. The summed E-state index contributed by atoms with van der Waals surface area (Å²) in [5.41, 5.74) is 5.00. The van der Waals surface area contributed by atoms with Crippen molar-refractivity contribution in [3.63, 3.8) is 0 Å². The molecule has 0 bridgehead atoms. The van der Waals surface area contributed by atoms with Crippen LogP contribution in [0.4, 0.5) is 0 Å². The van der Waals surface area contributed by atoms with E-state index in [1.54, 1.807) is 0 Å². The molecule has 0 aliphatic rings. The maximum atomic E-state index is 8.25. The molecule has 0 saturated heterocycles. The van der Waals surface area contributed by atoms with Gasteiger partial charge in [0, 0.05) is 12.4 Å². The van der Waals surface area contributed by atoms with Crippen LogP contribution in [-0.4, -0.2) is 22.6 Å². The predicted molar refractivity (Wildman–Crippen MR) is 43.3 cm³/mol. The van der Waals surface area contributed by atoms with Crippen molar-refractivity contribution >= 4 is 29.3 Å². The fourth-order valence-electron chi connectivity index (χ4n) is 0.247. The highest BCUT2D eigenvalue weighted by Crippen LogP contribution is 1.98. The molecule has 0 atom stereocenters. The van der Waals surface area contributed by atoms with Gasteiger partial charge in [0.15, 0.2) is 5.17 Å². The number of nitrogens with one attached hydrogen (secondary N) is 1. The van der Waals surface area contributed by atoms with Gasteiger partial charge in [-0.05, 0) is 6.42 Å². The number of nitrogens with two attached hydrogens (primary N) is 1. The second-order valence-electron chi connectivity index (χ2n) is 1.29. The number of aliphatic hydroxyl groups excluding tert-OH is 1. The Balaban J connectivity index is 0. The topological polar surface area (TPSA) is 70.1 Å². The molecule has 3 nitrogen and oxygen atoms in total. The maximum Gasteiger partial charge on any atom is 0.151 e. The molecular weight excluding hydrogens is 160 g/mol. The van der Waals surface area contributed by atoms with E-state index in [2.05, 4.69) is 0 Å². The molecule has 0 aromatic heterocycles. The van der Waals surface area contributed by atoms with Crippen LogP contribution in [0.25, 0.3) is 0 Å². The van der Waals surface area contributed by atoms with Crippen LogP contribution in [0.3, 0.4) is 0 Å². The number of hydrogen-bond donors (Lipinski definition) is 3. The van der Waals surface area contributed by atoms with Crippen molar-refractivity contribution in [3.8, 4) is 0 Å². The number of thioether (sulfide) groups is 1. The normalized spacial score (nSPS) is 8.11. The second kappa shape index (κ2) is 8.07. The molecule has 0 heterocycles. The molecule has 0 aromatic rings. The molecule has 0 spiro atoms. The first-order valence-corrected chi connectivity index (χ1v) is 3.33. The minimum absolute atomic E-state index is 0. The number of rotatable bonds is 3. The summed E-state index contributed by atoms with van der Waals surface area (Å²) in [5.74, 6) is 0.742. The zero-order chi connectivity index (χ0) is 6.41. The van der Waals surface area contributed by atoms with E-state index >= 15 is 0 Å². The van der Waals surface area contributed by atoms with E-state index < -0.39 is 0 Å². The van der Waals surface area contributed by atoms with Crippen LogP contribution in [-0.2, 0) is 0 Å². The van der Waals surface area contributed by atoms with Gasteiger partial charge < -0.3 is 10.8 Å². The van der Waals surface area contributed by atoms with Gasteiger partial charge in [-0.1, -0.05) is 11.8 Å². The molecule has 0 aromatic carbocycles. The quantitative estimate of drug-likeness (QED) is 0.327. The molecule has 0 rings (SSSR count). The third-order valence-corrected chi connectivity index (χ3v) is 1.36. The Morgan fingerprint density at radius 3 is 2.56 bits per heavy atom. The van der Waals surface area contributed by atoms with E-state index in [9.17, 15) is 0 Å². The van der Waals surface area contributed by atoms with Crippen LogP contribution in [0.2, 0.25) is 0 Å². The molecule has 5 heteroatoms. The largest absolute Gasteiger partial charge is 0.396 e. The van der Waals surface area contributed by atoms with Crippen molar-refractivity contribution in [2.24, 2.45) is 5.73 Å². The summed E-state index contributed by atoms with van der Waals surface area (Å²) in [6, 6.07) is 0. The van der Waals surface area contributed by atoms with Crippen LogP contribution in [0.15, 0.2) is 0 Å². The molecular formula is C4H11ClN2OS. The molecule has 0 unspecified atom stereocenters. The summed E-state index contributed by atoms with van der Waals surface area (Å²) in [7, 11) is 0. The molecule has 0 aliphatic carbocycles. The number of amidine groups is 1. The summed E-state index contributed by atoms with van der Waals surface area (Å²) < 4.78 is 0. The van der Waals surface area contributed by atoms with Crippen molar-refractivity contribution in [3.05, 3.63) is 0 Å².